The van der Waals surface area contributed by atoms with Crippen molar-refractivity contribution in [1.29, 1.82) is 0 Å². The number of likely N-dealkylation sites (tertiary alicyclic amines) is 1. The average molecular weight is 361 g/mol. The van der Waals surface area contributed by atoms with E-state index in [4.69, 9.17) is 9.72 Å². The van der Waals surface area contributed by atoms with Crippen LogP contribution in [-0.2, 0) is 16.1 Å². The largest absolute Gasteiger partial charge is 0.468 e. The van der Waals surface area contributed by atoms with Crippen LogP contribution in [0.2, 0.25) is 0 Å². The Labute approximate surface area is 159 Å². The monoisotopic (exact) mass is 361 g/mol. The number of hydrogen-bond acceptors (Lipinski definition) is 4. The van der Waals surface area contributed by atoms with Crippen molar-refractivity contribution in [2.45, 2.75) is 24.9 Å². The van der Waals surface area contributed by atoms with Crippen LogP contribution in [0.25, 0.3) is 11.3 Å². The van der Waals surface area contributed by atoms with E-state index in [1.807, 2.05) is 54.7 Å². The normalized spacial score (nSPS) is 19.9. The SMILES string of the molecule is COC(=O)C1C[C@@H](c2nc(-c3ccccc3)c[nH]2)CN1Cc1ccccc1. The Kier molecular flexibility index (Phi) is 5.03. The third-order valence-corrected chi connectivity index (χ3v) is 5.16. The Morgan fingerprint density at radius 1 is 1.15 bits per heavy atom. The number of ether oxygens (including phenoxy) is 1. The predicted octanol–water partition coefficient (Wildman–Crippen LogP) is 3.61. The maximum Gasteiger partial charge on any atom is 0.323 e. The number of hydrogen-bond donors (Lipinski definition) is 1. The van der Waals surface area contributed by atoms with Gasteiger partial charge in [-0.15, -0.1) is 0 Å². The number of rotatable bonds is 5. The molecule has 2 aromatic carbocycles. The molecule has 5 heteroatoms. The molecule has 0 aliphatic carbocycles. The van der Waals surface area contributed by atoms with Gasteiger partial charge in [0.25, 0.3) is 0 Å². The van der Waals surface area contributed by atoms with Crippen molar-refractivity contribution in [3.63, 3.8) is 0 Å². The number of imidazole rings is 1. The van der Waals surface area contributed by atoms with Crippen LogP contribution in [-0.4, -0.2) is 40.5 Å². The number of H-pyrrole nitrogens is 1. The highest BCUT2D eigenvalue weighted by molar-refractivity contribution is 5.76. The van der Waals surface area contributed by atoms with E-state index < -0.39 is 0 Å². The van der Waals surface area contributed by atoms with Gasteiger partial charge in [0.05, 0.1) is 12.8 Å². The number of esters is 1. The Bertz CT molecular complexity index is 892. The molecule has 1 saturated heterocycles. The molecule has 0 amide bonds. The second-order valence-electron chi connectivity index (χ2n) is 6.92. The lowest BCUT2D eigenvalue weighted by molar-refractivity contribution is -0.146. The van der Waals surface area contributed by atoms with Crippen LogP contribution in [0.4, 0.5) is 0 Å². The molecule has 2 atom stereocenters. The van der Waals surface area contributed by atoms with Gasteiger partial charge < -0.3 is 9.72 Å². The van der Waals surface area contributed by atoms with Crippen molar-refractivity contribution in [2.75, 3.05) is 13.7 Å². The van der Waals surface area contributed by atoms with E-state index in [1.165, 1.54) is 12.7 Å². The van der Waals surface area contributed by atoms with E-state index in [1.54, 1.807) is 0 Å². The Balaban J connectivity index is 1.54. The van der Waals surface area contributed by atoms with Crippen LogP contribution in [0.5, 0.6) is 0 Å². The lowest BCUT2D eigenvalue weighted by Crippen LogP contribution is -2.36. The molecule has 1 N–H and O–H groups in total. The molecule has 1 aliphatic heterocycles. The summed E-state index contributed by atoms with van der Waals surface area (Å²) in [5.74, 6) is 0.928. The van der Waals surface area contributed by atoms with Crippen molar-refractivity contribution in [2.24, 2.45) is 0 Å². The number of benzene rings is 2. The zero-order valence-corrected chi connectivity index (χ0v) is 15.3. The summed E-state index contributed by atoms with van der Waals surface area (Å²) in [6, 6.07) is 20.1. The molecular weight excluding hydrogens is 338 g/mol. The molecule has 27 heavy (non-hydrogen) atoms. The van der Waals surface area contributed by atoms with Crippen LogP contribution >= 0.6 is 0 Å². The first-order chi connectivity index (χ1) is 13.2. The van der Waals surface area contributed by atoms with Crippen molar-refractivity contribution in [3.8, 4) is 11.3 Å². The smallest absolute Gasteiger partial charge is 0.323 e. The van der Waals surface area contributed by atoms with Crippen LogP contribution in [0, 0.1) is 0 Å². The summed E-state index contributed by atoms with van der Waals surface area (Å²) in [5, 5.41) is 0. The molecule has 3 aromatic rings. The summed E-state index contributed by atoms with van der Waals surface area (Å²) >= 11 is 0. The molecule has 1 aliphatic rings. The van der Waals surface area contributed by atoms with E-state index in [2.05, 4.69) is 22.0 Å². The molecule has 1 fully saturated rings. The minimum absolute atomic E-state index is 0.176. The fourth-order valence-electron chi connectivity index (χ4n) is 3.78. The number of nitrogens with zero attached hydrogens (tertiary/aromatic N) is 2. The molecule has 0 radical (unpaired) electrons. The highest BCUT2D eigenvalue weighted by Crippen LogP contribution is 2.33. The fourth-order valence-corrected chi connectivity index (χ4v) is 3.78. The number of methoxy groups -OCH3 is 1. The van der Waals surface area contributed by atoms with Gasteiger partial charge in [-0.3, -0.25) is 9.69 Å². The predicted molar refractivity (Wildman–Crippen MR) is 104 cm³/mol. The lowest BCUT2D eigenvalue weighted by atomic mass is 10.1. The summed E-state index contributed by atoms with van der Waals surface area (Å²) < 4.78 is 5.05. The van der Waals surface area contributed by atoms with E-state index in [0.717, 1.165) is 30.2 Å². The second kappa shape index (κ2) is 7.76. The maximum absolute atomic E-state index is 12.3. The average Bonchev–Trinajstić information content (AvgIpc) is 3.36. The minimum atomic E-state index is -0.245. The molecule has 138 valence electrons. The number of carbonyl (C=O) groups is 1. The van der Waals surface area contributed by atoms with Gasteiger partial charge in [-0.05, 0) is 12.0 Å². The zero-order chi connectivity index (χ0) is 18.6. The molecular formula is C22H23N3O2. The molecule has 4 rings (SSSR count). The van der Waals surface area contributed by atoms with Gasteiger partial charge in [-0.25, -0.2) is 4.98 Å². The molecule has 2 heterocycles. The molecule has 5 nitrogen and oxygen atoms in total. The first-order valence-electron chi connectivity index (χ1n) is 9.21. The summed E-state index contributed by atoms with van der Waals surface area (Å²) in [4.78, 5) is 22.6. The molecule has 0 spiro atoms. The maximum atomic E-state index is 12.3. The standard InChI is InChI=1S/C22H23N3O2/c1-27-22(26)20-12-18(15-25(20)14-16-8-4-2-5-9-16)21-23-13-19(24-21)17-10-6-3-7-11-17/h2-11,13,18,20H,12,14-15H2,1H3,(H,23,24)/t18-,20?/m1/s1. The van der Waals surface area contributed by atoms with E-state index in [9.17, 15) is 4.79 Å². The second-order valence-corrected chi connectivity index (χ2v) is 6.92. The quantitative estimate of drug-likeness (QED) is 0.706. The third-order valence-electron chi connectivity index (χ3n) is 5.16. The molecule has 1 aromatic heterocycles. The van der Waals surface area contributed by atoms with Crippen LogP contribution in [0.15, 0.2) is 66.9 Å². The van der Waals surface area contributed by atoms with Gasteiger partial charge in [0.1, 0.15) is 11.9 Å². The minimum Gasteiger partial charge on any atom is -0.468 e. The van der Waals surface area contributed by atoms with Gasteiger partial charge in [-0.1, -0.05) is 60.7 Å². The number of aromatic nitrogens is 2. The lowest BCUT2D eigenvalue weighted by Gasteiger charge is -2.22. The van der Waals surface area contributed by atoms with Crippen molar-refractivity contribution in [3.05, 3.63) is 78.2 Å². The topological polar surface area (TPSA) is 58.2 Å². The first kappa shape index (κ1) is 17.5. The Hall–Kier alpha value is -2.92. The molecule has 0 saturated carbocycles. The highest BCUT2D eigenvalue weighted by atomic mass is 16.5. The summed E-state index contributed by atoms with van der Waals surface area (Å²) in [7, 11) is 1.46. The molecule has 1 unspecified atom stereocenters. The molecule has 0 bridgehead atoms. The van der Waals surface area contributed by atoms with E-state index in [0.29, 0.717) is 6.42 Å². The van der Waals surface area contributed by atoms with Crippen LogP contribution in [0.1, 0.15) is 23.7 Å². The van der Waals surface area contributed by atoms with Crippen molar-refractivity contribution in [1.82, 2.24) is 14.9 Å². The van der Waals surface area contributed by atoms with Crippen LogP contribution in [0.3, 0.4) is 0 Å². The van der Waals surface area contributed by atoms with E-state index in [-0.39, 0.29) is 17.9 Å². The van der Waals surface area contributed by atoms with E-state index >= 15 is 0 Å². The van der Waals surface area contributed by atoms with Gasteiger partial charge in [-0.2, -0.15) is 0 Å². The van der Waals surface area contributed by atoms with Crippen molar-refractivity contribution < 1.29 is 9.53 Å². The van der Waals surface area contributed by atoms with Crippen molar-refractivity contribution >= 4 is 5.97 Å². The number of aromatic amines is 1. The fraction of sp³-hybridized carbons (Fsp3) is 0.273. The highest BCUT2D eigenvalue weighted by Gasteiger charge is 2.39. The van der Waals surface area contributed by atoms with Gasteiger partial charge in [0, 0.05) is 30.8 Å². The number of carbonyl (C=O) groups excluding carboxylic acids is 1. The number of nitrogens with one attached hydrogen (secondary N) is 1. The van der Waals surface area contributed by atoms with Gasteiger partial charge in [0.15, 0.2) is 0 Å². The Morgan fingerprint density at radius 3 is 2.56 bits per heavy atom. The van der Waals surface area contributed by atoms with Gasteiger partial charge in [0.2, 0.25) is 0 Å². The summed E-state index contributed by atoms with van der Waals surface area (Å²) in [6.07, 6.45) is 2.65. The summed E-state index contributed by atoms with van der Waals surface area (Å²) in [5.41, 5.74) is 3.21. The summed E-state index contributed by atoms with van der Waals surface area (Å²) in [6.45, 7) is 1.50. The Morgan fingerprint density at radius 2 is 1.85 bits per heavy atom. The third kappa shape index (κ3) is 3.78. The van der Waals surface area contributed by atoms with Gasteiger partial charge >= 0.3 is 5.97 Å². The first-order valence-corrected chi connectivity index (χ1v) is 9.21. The van der Waals surface area contributed by atoms with Crippen LogP contribution < -0.4 is 0 Å². The zero-order valence-electron chi connectivity index (χ0n) is 15.3.